The van der Waals surface area contributed by atoms with Crippen molar-refractivity contribution in [3.63, 3.8) is 0 Å². The second-order valence-electron chi connectivity index (χ2n) is 3.56. The number of hydrogen-bond acceptors (Lipinski definition) is 2. The summed E-state index contributed by atoms with van der Waals surface area (Å²) in [5, 5.41) is 0.844. The van der Waals surface area contributed by atoms with Crippen LogP contribution in [0.4, 0.5) is 4.39 Å². The Kier molecular flexibility index (Phi) is 4.93. The van der Waals surface area contributed by atoms with E-state index in [0.29, 0.717) is 10.5 Å². The van der Waals surface area contributed by atoms with E-state index in [1.54, 1.807) is 19.9 Å². The van der Waals surface area contributed by atoms with Gasteiger partial charge >= 0.3 is 0 Å². The maximum Gasteiger partial charge on any atom is 0.284 e. The van der Waals surface area contributed by atoms with Crippen molar-refractivity contribution in [1.82, 2.24) is 0 Å². The molecule has 1 amide bonds. The molecule has 0 spiro atoms. The minimum Gasteiger partial charge on any atom is -0.266 e. The lowest BCUT2D eigenvalue weighted by Gasteiger charge is -2.05. The number of aliphatic imine (C=N–C) groups is 1. The molecule has 0 unspecified atom stereocenters. The third-order valence-electron chi connectivity index (χ3n) is 2.42. The number of amides is 1. The predicted molar refractivity (Wildman–Crippen MR) is 67.4 cm³/mol. The number of rotatable bonds is 4. The Morgan fingerprint density at radius 1 is 1.56 bits per heavy atom. The summed E-state index contributed by atoms with van der Waals surface area (Å²) in [6.45, 7) is 5.06. The molecule has 0 atom stereocenters. The van der Waals surface area contributed by atoms with Crippen LogP contribution in [0.2, 0.25) is 0 Å². The molecule has 0 radical (unpaired) electrons. The average Bonchev–Trinajstić information content (AvgIpc) is 2.61. The van der Waals surface area contributed by atoms with Crippen molar-refractivity contribution in [2.75, 3.05) is 6.67 Å². The average molecular weight is 241 g/mol. The Morgan fingerprint density at radius 3 is 2.75 bits per heavy atom. The second-order valence-corrected chi connectivity index (χ2v) is 4.65. The molecule has 1 heterocycles. The lowest BCUT2D eigenvalue weighted by Crippen LogP contribution is -1.97. The van der Waals surface area contributed by atoms with Crippen molar-refractivity contribution in [3.8, 4) is 0 Å². The number of carbonyl (C=O) groups excluding carboxylic acids is 1. The third-order valence-corrected chi connectivity index (χ3v) is 3.63. The molecule has 0 saturated carbocycles. The van der Waals surface area contributed by atoms with Gasteiger partial charge in [0, 0.05) is 0 Å². The molecule has 4 heteroatoms. The van der Waals surface area contributed by atoms with Crippen LogP contribution in [0.3, 0.4) is 0 Å². The molecule has 1 aliphatic rings. The highest BCUT2D eigenvalue weighted by atomic mass is 32.2. The second kappa shape index (κ2) is 5.99. The SMILES string of the molecule is C/C=C(CF)/C(C)=C1\SC(CCC)=NC1=O. The predicted octanol–water partition coefficient (Wildman–Crippen LogP) is 3.65. The normalized spacial score (nSPS) is 20.1. The third kappa shape index (κ3) is 2.82. The molecule has 88 valence electrons. The first kappa shape index (κ1) is 13.2. The van der Waals surface area contributed by atoms with Crippen LogP contribution in [0.1, 0.15) is 33.6 Å². The summed E-state index contributed by atoms with van der Waals surface area (Å²) in [6, 6.07) is 0. The number of thioether (sulfide) groups is 1. The van der Waals surface area contributed by atoms with Crippen molar-refractivity contribution in [1.29, 1.82) is 0 Å². The van der Waals surface area contributed by atoms with E-state index in [-0.39, 0.29) is 5.91 Å². The summed E-state index contributed by atoms with van der Waals surface area (Å²) < 4.78 is 12.7. The van der Waals surface area contributed by atoms with E-state index in [4.69, 9.17) is 0 Å². The van der Waals surface area contributed by atoms with Gasteiger partial charge in [-0.15, -0.1) is 0 Å². The van der Waals surface area contributed by atoms with Crippen LogP contribution in [0.25, 0.3) is 0 Å². The lowest BCUT2D eigenvalue weighted by molar-refractivity contribution is -0.113. The van der Waals surface area contributed by atoms with E-state index in [2.05, 4.69) is 4.99 Å². The zero-order valence-electron chi connectivity index (χ0n) is 9.84. The molecule has 1 rings (SSSR count). The highest BCUT2D eigenvalue weighted by Gasteiger charge is 2.24. The molecule has 0 saturated heterocycles. The van der Waals surface area contributed by atoms with Crippen LogP contribution >= 0.6 is 11.8 Å². The molecule has 1 aliphatic heterocycles. The monoisotopic (exact) mass is 241 g/mol. The molecule has 0 aromatic carbocycles. The molecule has 0 bridgehead atoms. The number of hydrogen-bond donors (Lipinski definition) is 0. The molecule has 0 fully saturated rings. The minimum atomic E-state index is -0.539. The number of allylic oxidation sites excluding steroid dienone is 3. The van der Waals surface area contributed by atoms with Crippen molar-refractivity contribution in [2.24, 2.45) is 4.99 Å². The largest absolute Gasteiger partial charge is 0.284 e. The molecule has 0 aliphatic carbocycles. The van der Waals surface area contributed by atoms with E-state index in [1.807, 2.05) is 6.92 Å². The van der Waals surface area contributed by atoms with Crippen LogP contribution in [0, 0.1) is 0 Å². The quantitative estimate of drug-likeness (QED) is 0.703. The number of carbonyl (C=O) groups is 1. The number of halogens is 1. The molecular weight excluding hydrogens is 225 g/mol. The maximum atomic E-state index is 12.7. The zero-order valence-corrected chi connectivity index (χ0v) is 10.7. The topological polar surface area (TPSA) is 29.4 Å². The van der Waals surface area contributed by atoms with E-state index >= 15 is 0 Å². The van der Waals surface area contributed by atoms with Gasteiger partial charge in [-0.2, -0.15) is 0 Å². The van der Waals surface area contributed by atoms with Crippen LogP contribution in [-0.2, 0) is 4.79 Å². The van der Waals surface area contributed by atoms with Gasteiger partial charge in [0.25, 0.3) is 5.91 Å². The van der Waals surface area contributed by atoms with E-state index < -0.39 is 6.67 Å². The first-order valence-corrected chi connectivity index (χ1v) is 6.17. The standard InChI is InChI=1S/C12H16FNOS/c1-4-6-10-14-12(15)11(16-10)8(3)9(5-2)7-13/h5H,4,6-7H2,1-3H3/b9-5+,11-8-. The number of nitrogens with zero attached hydrogens (tertiary/aromatic N) is 1. The van der Waals surface area contributed by atoms with Crippen molar-refractivity contribution in [3.05, 3.63) is 22.1 Å². The minimum absolute atomic E-state index is 0.223. The highest BCUT2D eigenvalue weighted by Crippen LogP contribution is 2.33. The van der Waals surface area contributed by atoms with Crippen LogP contribution < -0.4 is 0 Å². The summed E-state index contributed by atoms with van der Waals surface area (Å²) in [7, 11) is 0. The lowest BCUT2D eigenvalue weighted by atomic mass is 10.1. The molecule has 0 aromatic rings. The fraction of sp³-hybridized carbons (Fsp3) is 0.500. The van der Waals surface area contributed by atoms with E-state index in [0.717, 1.165) is 23.5 Å². The van der Waals surface area contributed by atoms with Gasteiger partial charge in [0.05, 0.1) is 9.95 Å². The first-order valence-electron chi connectivity index (χ1n) is 5.36. The Balaban J connectivity index is 2.93. The Bertz CT molecular complexity index is 382. The van der Waals surface area contributed by atoms with Crippen LogP contribution in [-0.4, -0.2) is 17.6 Å². The van der Waals surface area contributed by atoms with Crippen LogP contribution in [0.15, 0.2) is 27.1 Å². The Labute approximate surface area is 99.7 Å². The maximum absolute atomic E-state index is 12.7. The van der Waals surface area contributed by atoms with Crippen LogP contribution in [0.5, 0.6) is 0 Å². The summed E-state index contributed by atoms with van der Waals surface area (Å²) in [5.74, 6) is -0.223. The van der Waals surface area contributed by atoms with Gasteiger partial charge < -0.3 is 0 Å². The Morgan fingerprint density at radius 2 is 2.25 bits per heavy atom. The molecular formula is C12H16FNOS. The van der Waals surface area contributed by atoms with Gasteiger partial charge in [-0.1, -0.05) is 31.2 Å². The summed E-state index contributed by atoms with van der Waals surface area (Å²) in [6.07, 6.45) is 3.48. The van der Waals surface area contributed by atoms with Gasteiger partial charge in [0.2, 0.25) is 0 Å². The summed E-state index contributed by atoms with van der Waals surface area (Å²) >= 11 is 1.38. The molecule has 2 nitrogen and oxygen atoms in total. The summed E-state index contributed by atoms with van der Waals surface area (Å²) in [4.78, 5) is 16.2. The van der Waals surface area contributed by atoms with Gasteiger partial charge in [0.1, 0.15) is 6.67 Å². The van der Waals surface area contributed by atoms with Crippen molar-refractivity contribution in [2.45, 2.75) is 33.6 Å². The fourth-order valence-corrected chi connectivity index (χ4v) is 2.53. The molecule has 0 aromatic heterocycles. The first-order chi connectivity index (χ1) is 7.63. The zero-order chi connectivity index (χ0) is 12.1. The highest BCUT2D eigenvalue weighted by molar-refractivity contribution is 8.18. The van der Waals surface area contributed by atoms with Gasteiger partial charge in [-0.3, -0.25) is 4.79 Å². The molecule has 16 heavy (non-hydrogen) atoms. The number of alkyl halides is 1. The fourth-order valence-electron chi connectivity index (χ4n) is 1.45. The van der Waals surface area contributed by atoms with Crippen molar-refractivity contribution < 1.29 is 9.18 Å². The Hall–Kier alpha value is -0.900. The van der Waals surface area contributed by atoms with E-state index in [1.165, 1.54) is 11.8 Å². The smallest absolute Gasteiger partial charge is 0.266 e. The van der Waals surface area contributed by atoms with E-state index in [9.17, 15) is 9.18 Å². The van der Waals surface area contributed by atoms with Gasteiger partial charge in [-0.25, -0.2) is 9.38 Å². The van der Waals surface area contributed by atoms with Gasteiger partial charge in [-0.05, 0) is 31.4 Å². The van der Waals surface area contributed by atoms with Crippen molar-refractivity contribution >= 4 is 22.7 Å². The summed E-state index contributed by atoms with van der Waals surface area (Å²) in [5.41, 5.74) is 1.29. The van der Waals surface area contributed by atoms with Gasteiger partial charge in [0.15, 0.2) is 0 Å². The molecule has 0 N–H and O–H groups in total.